The van der Waals surface area contributed by atoms with E-state index in [-0.39, 0.29) is 11.8 Å². The van der Waals surface area contributed by atoms with E-state index in [0.717, 1.165) is 42.7 Å². The zero-order chi connectivity index (χ0) is 20.2. The Bertz CT molecular complexity index is 998. The molecule has 4 nitrogen and oxygen atoms in total. The summed E-state index contributed by atoms with van der Waals surface area (Å²) in [6, 6.07) is 14.9. The smallest absolute Gasteiger partial charge is 0.223 e. The summed E-state index contributed by atoms with van der Waals surface area (Å²) >= 11 is 0. The van der Waals surface area contributed by atoms with Crippen molar-refractivity contribution in [2.75, 3.05) is 6.54 Å². The number of aromatic nitrogens is 2. The summed E-state index contributed by atoms with van der Waals surface area (Å²) in [5.74, 6) is 1.47. The molecule has 0 bridgehead atoms. The normalized spacial score (nSPS) is 15.0. The Morgan fingerprint density at radius 3 is 2.72 bits per heavy atom. The Morgan fingerprint density at radius 2 is 1.90 bits per heavy atom. The second-order valence-corrected chi connectivity index (χ2v) is 8.41. The Morgan fingerprint density at radius 1 is 1.10 bits per heavy atom. The summed E-state index contributed by atoms with van der Waals surface area (Å²) < 4.78 is 2.31. The molecule has 1 heterocycles. The Hall–Kier alpha value is -2.62. The van der Waals surface area contributed by atoms with E-state index in [9.17, 15) is 4.79 Å². The lowest BCUT2D eigenvalue weighted by Crippen LogP contribution is -2.33. The number of fused-ring (bicyclic) bond motifs is 1. The third kappa shape index (κ3) is 4.52. The van der Waals surface area contributed by atoms with Gasteiger partial charge in [-0.1, -0.05) is 55.2 Å². The third-order valence-corrected chi connectivity index (χ3v) is 6.19. The van der Waals surface area contributed by atoms with Gasteiger partial charge >= 0.3 is 0 Å². The van der Waals surface area contributed by atoms with Crippen LogP contribution in [0.1, 0.15) is 54.6 Å². The highest BCUT2D eigenvalue weighted by atomic mass is 16.1. The summed E-state index contributed by atoms with van der Waals surface area (Å²) in [5, 5.41) is 3.16. The quantitative estimate of drug-likeness (QED) is 0.649. The van der Waals surface area contributed by atoms with E-state index in [4.69, 9.17) is 4.98 Å². The first-order valence-electron chi connectivity index (χ1n) is 10.9. The molecule has 1 aromatic heterocycles. The zero-order valence-electron chi connectivity index (χ0n) is 17.6. The number of hydrogen-bond donors (Lipinski definition) is 1. The molecule has 1 aliphatic carbocycles. The van der Waals surface area contributed by atoms with E-state index in [1.807, 2.05) is 6.07 Å². The largest absolute Gasteiger partial charge is 0.355 e. The molecule has 3 aromatic rings. The van der Waals surface area contributed by atoms with Gasteiger partial charge in [0.2, 0.25) is 5.91 Å². The van der Waals surface area contributed by atoms with Crippen LogP contribution in [0.3, 0.4) is 0 Å². The van der Waals surface area contributed by atoms with Gasteiger partial charge in [-0.05, 0) is 49.9 Å². The molecule has 0 saturated heterocycles. The maximum atomic E-state index is 12.5. The molecule has 1 aliphatic rings. The SMILES string of the molecule is Cc1ccc(C)c(Cn2c(CCNC(=O)C3CCCCC3)nc3ccccc32)c1. The standard InChI is InChI=1S/C25H31N3O/c1-18-12-13-19(2)21(16-18)17-28-23-11-7-6-10-22(23)27-24(28)14-15-26-25(29)20-8-4-3-5-9-20/h6-7,10-13,16,20H,3-5,8-9,14-15,17H2,1-2H3,(H,26,29). The molecule has 152 valence electrons. The number of para-hydroxylation sites is 2. The van der Waals surface area contributed by atoms with E-state index in [1.165, 1.54) is 36.0 Å². The van der Waals surface area contributed by atoms with Crippen LogP contribution in [0.15, 0.2) is 42.5 Å². The summed E-state index contributed by atoms with van der Waals surface area (Å²) in [6.07, 6.45) is 6.46. The number of nitrogens with one attached hydrogen (secondary N) is 1. The molecule has 1 N–H and O–H groups in total. The van der Waals surface area contributed by atoms with Gasteiger partial charge in [0.25, 0.3) is 0 Å². The minimum Gasteiger partial charge on any atom is -0.355 e. The lowest BCUT2D eigenvalue weighted by Gasteiger charge is -2.20. The molecule has 4 rings (SSSR count). The second kappa shape index (κ2) is 8.81. The van der Waals surface area contributed by atoms with Gasteiger partial charge in [0.1, 0.15) is 5.82 Å². The van der Waals surface area contributed by atoms with Crippen LogP contribution < -0.4 is 5.32 Å². The van der Waals surface area contributed by atoms with Crippen molar-refractivity contribution in [3.05, 3.63) is 65.0 Å². The fraction of sp³-hybridized carbons (Fsp3) is 0.440. The van der Waals surface area contributed by atoms with Gasteiger partial charge in [-0.3, -0.25) is 4.79 Å². The molecular formula is C25H31N3O. The van der Waals surface area contributed by atoms with E-state index in [1.54, 1.807) is 0 Å². The van der Waals surface area contributed by atoms with Crippen LogP contribution in [0, 0.1) is 19.8 Å². The maximum absolute atomic E-state index is 12.5. The molecule has 0 atom stereocenters. The molecule has 0 unspecified atom stereocenters. The van der Waals surface area contributed by atoms with E-state index in [2.05, 4.69) is 60.1 Å². The molecule has 1 amide bonds. The molecule has 0 radical (unpaired) electrons. The summed E-state index contributed by atoms with van der Waals surface area (Å²) in [7, 11) is 0. The van der Waals surface area contributed by atoms with Crippen molar-refractivity contribution in [2.45, 2.75) is 58.9 Å². The molecule has 0 aliphatic heterocycles. The minimum atomic E-state index is 0.206. The van der Waals surface area contributed by atoms with Crippen LogP contribution in [0.5, 0.6) is 0 Å². The number of carbonyl (C=O) groups excluding carboxylic acids is 1. The van der Waals surface area contributed by atoms with Crippen molar-refractivity contribution in [3.63, 3.8) is 0 Å². The predicted octanol–water partition coefficient (Wildman–Crippen LogP) is 4.94. The Kier molecular flexibility index (Phi) is 5.98. The van der Waals surface area contributed by atoms with Gasteiger partial charge in [-0.25, -0.2) is 4.98 Å². The number of rotatable bonds is 6. The molecule has 4 heteroatoms. The van der Waals surface area contributed by atoms with Crippen molar-refractivity contribution in [3.8, 4) is 0 Å². The number of amides is 1. The van der Waals surface area contributed by atoms with Gasteiger partial charge < -0.3 is 9.88 Å². The van der Waals surface area contributed by atoms with E-state index >= 15 is 0 Å². The number of benzene rings is 2. The first-order chi connectivity index (χ1) is 14.1. The van der Waals surface area contributed by atoms with Crippen LogP contribution in [0.2, 0.25) is 0 Å². The summed E-state index contributed by atoms with van der Waals surface area (Å²) in [4.78, 5) is 17.4. The molecule has 29 heavy (non-hydrogen) atoms. The summed E-state index contributed by atoms with van der Waals surface area (Å²) in [6.45, 7) is 5.75. The number of imidazole rings is 1. The van der Waals surface area contributed by atoms with E-state index in [0.29, 0.717) is 6.54 Å². The first-order valence-corrected chi connectivity index (χ1v) is 10.9. The van der Waals surface area contributed by atoms with Crippen LogP contribution in [0.4, 0.5) is 0 Å². The van der Waals surface area contributed by atoms with Crippen molar-refractivity contribution in [1.82, 2.24) is 14.9 Å². The second-order valence-electron chi connectivity index (χ2n) is 8.41. The van der Waals surface area contributed by atoms with Crippen LogP contribution in [0.25, 0.3) is 11.0 Å². The van der Waals surface area contributed by atoms with Crippen molar-refractivity contribution in [1.29, 1.82) is 0 Å². The highest BCUT2D eigenvalue weighted by Gasteiger charge is 2.21. The molecule has 1 fully saturated rings. The topological polar surface area (TPSA) is 46.9 Å². The molecule has 2 aromatic carbocycles. The van der Waals surface area contributed by atoms with Crippen molar-refractivity contribution in [2.24, 2.45) is 5.92 Å². The fourth-order valence-corrected chi connectivity index (χ4v) is 4.44. The maximum Gasteiger partial charge on any atom is 0.223 e. The Balaban J connectivity index is 1.52. The number of carbonyl (C=O) groups is 1. The highest BCUT2D eigenvalue weighted by molar-refractivity contribution is 5.79. The Labute approximate surface area is 173 Å². The van der Waals surface area contributed by atoms with Crippen molar-refractivity contribution < 1.29 is 4.79 Å². The average Bonchev–Trinajstić information content (AvgIpc) is 3.08. The van der Waals surface area contributed by atoms with Crippen LogP contribution in [-0.4, -0.2) is 22.0 Å². The first kappa shape index (κ1) is 19.7. The lowest BCUT2D eigenvalue weighted by molar-refractivity contribution is -0.125. The zero-order valence-corrected chi connectivity index (χ0v) is 17.6. The van der Waals surface area contributed by atoms with Gasteiger partial charge in [0.15, 0.2) is 0 Å². The number of aryl methyl sites for hydroxylation is 2. The monoisotopic (exact) mass is 389 g/mol. The van der Waals surface area contributed by atoms with E-state index < -0.39 is 0 Å². The lowest BCUT2D eigenvalue weighted by atomic mass is 9.89. The predicted molar refractivity (Wildman–Crippen MR) is 118 cm³/mol. The van der Waals surface area contributed by atoms with Crippen molar-refractivity contribution >= 4 is 16.9 Å². The minimum absolute atomic E-state index is 0.206. The molecule has 1 saturated carbocycles. The number of hydrogen-bond acceptors (Lipinski definition) is 2. The fourth-order valence-electron chi connectivity index (χ4n) is 4.44. The van der Waals surface area contributed by atoms with Crippen LogP contribution >= 0.6 is 0 Å². The number of nitrogens with zero attached hydrogens (tertiary/aromatic N) is 2. The molecular weight excluding hydrogens is 358 g/mol. The van der Waals surface area contributed by atoms with Gasteiger partial charge in [-0.2, -0.15) is 0 Å². The van der Waals surface area contributed by atoms with Gasteiger partial charge in [0, 0.05) is 25.4 Å². The highest BCUT2D eigenvalue weighted by Crippen LogP contribution is 2.24. The van der Waals surface area contributed by atoms with Gasteiger partial charge in [-0.15, -0.1) is 0 Å². The third-order valence-electron chi connectivity index (χ3n) is 6.19. The van der Waals surface area contributed by atoms with Gasteiger partial charge in [0.05, 0.1) is 11.0 Å². The van der Waals surface area contributed by atoms with Crippen LogP contribution in [-0.2, 0) is 17.8 Å². The average molecular weight is 390 g/mol. The summed E-state index contributed by atoms with van der Waals surface area (Å²) in [5.41, 5.74) is 6.07. The molecule has 0 spiro atoms.